The van der Waals surface area contributed by atoms with Gasteiger partial charge in [-0.05, 0) is 18.5 Å². The Hall–Kier alpha value is -1.86. The predicted octanol–water partition coefficient (Wildman–Crippen LogP) is 2.10. The number of terminal acetylenes is 1. The molecule has 16 heavy (non-hydrogen) atoms. The van der Waals surface area contributed by atoms with Crippen molar-refractivity contribution in [2.45, 2.75) is 19.4 Å². The minimum Gasteiger partial charge on any atom is -0.313 e. The van der Waals surface area contributed by atoms with E-state index in [9.17, 15) is 10.1 Å². The van der Waals surface area contributed by atoms with Crippen LogP contribution in [0.15, 0.2) is 24.3 Å². The minimum atomic E-state index is -0.399. The van der Waals surface area contributed by atoms with E-state index < -0.39 is 4.92 Å². The van der Waals surface area contributed by atoms with E-state index in [1.807, 2.05) is 0 Å². The summed E-state index contributed by atoms with van der Waals surface area (Å²) in [5.41, 5.74) is 1.15. The van der Waals surface area contributed by atoms with Gasteiger partial charge in [-0.3, -0.25) is 10.1 Å². The van der Waals surface area contributed by atoms with Crippen molar-refractivity contribution in [1.29, 1.82) is 0 Å². The van der Waals surface area contributed by atoms with Crippen LogP contribution < -0.4 is 5.32 Å². The normalized spacial score (nSPS) is 9.69. The molecule has 4 heteroatoms. The molecule has 0 bridgehead atoms. The fraction of sp³-hybridized carbons (Fsp3) is 0.333. The van der Waals surface area contributed by atoms with E-state index in [0.717, 1.165) is 24.9 Å². The van der Waals surface area contributed by atoms with Crippen LogP contribution in [0.3, 0.4) is 0 Å². The van der Waals surface area contributed by atoms with Gasteiger partial charge in [0.2, 0.25) is 0 Å². The SMILES string of the molecule is C#CCCCNCc1ccc([N+](=O)[O-])cc1. The van der Waals surface area contributed by atoms with E-state index >= 15 is 0 Å². The topological polar surface area (TPSA) is 55.2 Å². The second-order valence-corrected chi connectivity index (χ2v) is 3.41. The predicted molar refractivity (Wildman–Crippen MR) is 62.9 cm³/mol. The Morgan fingerprint density at radius 2 is 2.06 bits per heavy atom. The number of nitro groups is 1. The standard InChI is InChI=1S/C12H14N2O2/c1-2-3-4-9-13-10-11-5-7-12(8-6-11)14(15)16/h1,5-8,13H,3-4,9-10H2. The number of hydrogen-bond acceptors (Lipinski definition) is 3. The molecular formula is C12H14N2O2. The molecule has 4 nitrogen and oxygen atoms in total. The van der Waals surface area contributed by atoms with Gasteiger partial charge in [0.05, 0.1) is 4.92 Å². The molecule has 0 aliphatic heterocycles. The zero-order valence-electron chi connectivity index (χ0n) is 8.98. The lowest BCUT2D eigenvalue weighted by molar-refractivity contribution is -0.384. The minimum absolute atomic E-state index is 0.121. The van der Waals surface area contributed by atoms with Crippen LogP contribution in [0.2, 0.25) is 0 Å². The highest BCUT2D eigenvalue weighted by Crippen LogP contribution is 2.11. The number of hydrogen-bond donors (Lipinski definition) is 1. The van der Waals surface area contributed by atoms with E-state index in [1.54, 1.807) is 12.1 Å². The first kappa shape index (κ1) is 12.2. The van der Waals surface area contributed by atoms with E-state index in [1.165, 1.54) is 12.1 Å². The van der Waals surface area contributed by atoms with Gasteiger partial charge in [0.25, 0.3) is 5.69 Å². The van der Waals surface area contributed by atoms with Crippen LogP contribution >= 0.6 is 0 Å². The van der Waals surface area contributed by atoms with Crippen LogP contribution in [0.25, 0.3) is 0 Å². The van der Waals surface area contributed by atoms with Crippen molar-refractivity contribution in [3.8, 4) is 12.3 Å². The Balaban J connectivity index is 2.33. The summed E-state index contributed by atoms with van der Waals surface area (Å²) < 4.78 is 0. The molecule has 0 fully saturated rings. The van der Waals surface area contributed by atoms with E-state index in [0.29, 0.717) is 6.54 Å². The number of benzene rings is 1. The van der Waals surface area contributed by atoms with Crippen molar-refractivity contribution in [2.75, 3.05) is 6.54 Å². The molecule has 0 aliphatic carbocycles. The van der Waals surface area contributed by atoms with Crippen molar-refractivity contribution >= 4 is 5.69 Å². The van der Waals surface area contributed by atoms with E-state index in [-0.39, 0.29) is 5.69 Å². The monoisotopic (exact) mass is 218 g/mol. The first-order valence-corrected chi connectivity index (χ1v) is 5.11. The van der Waals surface area contributed by atoms with Crippen LogP contribution in [0, 0.1) is 22.5 Å². The van der Waals surface area contributed by atoms with Gasteiger partial charge < -0.3 is 5.32 Å². The van der Waals surface area contributed by atoms with Crippen molar-refractivity contribution in [1.82, 2.24) is 5.32 Å². The van der Waals surface area contributed by atoms with Crippen LogP contribution in [0.5, 0.6) is 0 Å². The highest BCUT2D eigenvalue weighted by Gasteiger charge is 2.02. The van der Waals surface area contributed by atoms with Gasteiger partial charge in [0, 0.05) is 25.1 Å². The van der Waals surface area contributed by atoms with Crippen molar-refractivity contribution in [2.24, 2.45) is 0 Å². The number of non-ortho nitro benzene ring substituents is 1. The molecule has 0 saturated heterocycles. The summed E-state index contributed by atoms with van der Waals surface area (Å²) in [4.78, 5) is 10.0. The molecule has 1 aromatic rings. The molecule has 1 aromatic carbocycles. The average molecular weight is 218 g/mol. The summed E-state index contributed by atoms with van der Waals surface area (Å²) in [5.74, 6) is 2.57. The molecule has 0 heterocycles. The van der Waals surface area contributed by atoms with Gasteiger partial charge in [0.1, 0.15) is 0 Å². The third-order valence-corrected chi connectivity index (χ3v) is 2.15. The van der Waals surface area contributed by atoms with Gasteiger partial charge in [-0.2, -0.15) is 0 Å². The highest BCUT2D eigenvalue weighted by molar-refractivity contribution is 5.32. The second-order valence-electron chi connectivity index (χ2n) is 3.41. The summed E-state index contributed by atoms with van der Waals surface area (Å²) in [7, 11) is 0. The quantitative estimate of drug-likeness (QED) is 0.344. The van der Waals surface area contributed by atoms with Crippen molar-refractivity contribution in [3.63, 3.8) is 0 Å². The maximum Gasteiger partial charge on any atom is 0.269 e. The summed E-state index contributed by atoms with van der Waals surface area (Å²) in [5, 5.41) is 13.6. The average Bonchev–Trinajstić information content (AvgIpc) is 2.29. The molecule has 1 rings (SSSR count). The lowest BCUT2D eigenvalue weighted by atomic mass is 10.2. The molecule has 0 spiro atoms. The molecule has 0 amide bonds. The zero-order chi connectivity index (χ0) is 11.8. The number of nitrogens with one attached hydrogen (secondary N) is 1. The Bertz CT molecular complexity index is 379. The van der Waals surface area contributed by atoms with Gasteiger partial charge >= 0.3 is 0 Å². The van der Waals surface area contributed by atoms with Crippen molar-refractivity contribution in [3.05, 3.63) is 39.9 Å². The maximum absolute atomic E-state index is 10.4. The van der Waals surface area contributed by atoms with Crippen molar-refractivity contribution < 1.29 is 4.92 Å². The fourth-order valence-corrected chi connectivity index (χ4v) is 1.28. The first-order chi connectivity index (χ1) is 7.74. The molecular weight excluding hydrogens is 204 g/mol. The fourth-order valence-electron chi connectivity index (χ4n) is 1.28. The second kappa shape index (κ2) is 6.59. The largest absolute Gasteiger partial charge is 0.313 e. The maximum atomic E-state index is 10.4. The van der Waals surface area contributed by atoms with Gasteiger partial charge in [-0.1, -0.05) is 12.1 Å². The highest BCUT2D eigenvalue weighted by atomic mass is 16.6. The summed E-state index contributed by atoms with van der Waals surface area (Å²) in [6, 6.07) is 6.54. The Kier molecular flexibility index (Phi) is 5.03. The van der Waals surface area contributed by atoms with Crippen LogP contribution in [-0.4, -0.2) is 11.5 Å². The van der Waals surface area contributed by atoms with Gasteiger partial charge in [0.15, 0.2) is 0 Å². The lowest BCUT2D eigenvalue weighted by Gasteiger charge is -2.03. The summed E-state index contributed by atoms with van der Waals surface area (Å²) in [6.45, 7) is 1.57. The van der Waals surface area contributed by atoms with Crippen LogP contribution in [0.1, 0.15) is 18.4 Å². The molecule has 1 N–H and O–H groups in total. The summed E-state index contributed by atoms with van der Waals surface area (Å²) >= 11 is 0. The first-order valence-electron chi connectivity index (χ1n) is 5.11. The van der Waals surface area contributed by atoms with E-state index in [4.69, 9.17) is 6.42 Å². The Morgan fingerprint density at radius 3 is 2.62 bits per heavy atom. The van der Waals surface area contributed by atoms with Gasteiger partial charge in [-0.15, -0.1) is 12.3 Å². The molecule has 84 valence electrons. The number of nitro benzene ring substituents is 1. The number of nitrogens with zero attached hydrogens (tertiary/aromatic N) is 1. The Morgan fingerprint density at radius 1 is 1.38 bits per heavy atom. The third-order valence-electron chi connectivity index (χ3n) is 2.15. The molecule has 0 saturated carbocycles. The smallest absolute Gasteiger partial charge is 0.269 e. The molecule has 0 radical (unpaired) electrons. The lowest BCUT2D eigenvalue weighted by Crippen LogP contribution is -2.14. The van der Waals surface area contributed by atoms with Gasteiger partial charge in [-0.25, -0.2) is 0 Å². The third kappa shape index (κ3) is 4.11. The van der Waals surface area contributed by atoms with Crippen LogP contribution in [-0.2, 0) is 6.54 Å². The molecule has 0 unspecified atom stereocenters. The van der Waals surface area contributed by atoms with Crippen LogP contribution in [0.4, 0.5) is 5.69 Å². The molecule has 0 aromatic heterocycles. The molecule has 0 atom stereocenters. The number of unbranched alkanes of at least 4 members (excludes halogenated alkanes) is 1. The Labute approximate surface area is 94.8 Å². The summed E-state index contributed by atoms with van der Waals surface area (Å²) in [6.07, 6.45) is 6.84. The molecule has 0 aliphatic rings. The zero-order valence-corrected chi connectivity index (χ0v) is 8.98. The number of rotatable bonds is 6. The van der Waals surface area contributed by atoms with E-state index in [2.05, 4.69) is 11.2 Å².